The van der Waals surface area contributed by atoms with Gasteiger partial charge < -0.3 is 10.4 Å². The van der Waals surface area contributed by atoms with Crippen molar-refractivity contribution in [2.24, 2.45) is 7.05 Å². The predicted molar refractivity (Wildman–Crippen MR) is 129 cm³/mol. The molecule has 35 heavy (non-hydrogen) atoms. The molecule has 1 aromatic carbocycles. The highest BCUT2D eigenvalue weighted by Crippen LogP contribution is 2.22. The molecule has 0 spiro atoms. The van der Waals surface area contributed by atoms with Gasteiger partial charge in [0.05, 0.1) is 23.3 Å². The second-order valence-corrected chi connectivity index (χ2v) is 9.20. The average Bonchev–Trinajstić information content (AvgIpc) is 3.48. The van der Waals surface area contributed by atoms with Gasteiger partial charge in [-0.25, -0.2) is 17.2 Å². The van der Waals surface area contributed by atoms with Crippen LogP contribution in [0.5, 0.6) is 0 Å². The summed E-state index contributed by atoms with van der Waals surface area (Å²) in [6.07, 6.45) is 8.83. The maximum Gasteiger partial charge on any atom is 0.409 e. The molecule has 0 aliphatic heterocycles. The Hall–Kier alpha value is -4.71. The lowest BCUT2D eigenvalue weighted by Gasteiger charge is -2.08. The number of carboxylic acid groups (broad SMARTS) is 1. The summed E-state index contributed by atoms with van der Waals surface area (Å²) in [7, 11) is -2.10. The third-order valence-electron chi connectivity index (χ3n) is 4.86. The minimum atomic E-state index is -3.88. The molecule has 0 aliphatic rings. The van der Waals surface area contributed by atoms with Gasteiger partial charge in [0.15, 0.2) is 0 Å². The normalized spacial score (nSPS) is 11.5. The molecule has 0 bridgehead atoms. The number of aromatic nitrogens is 4. The molecular formula is C23H20N6O5S. The van der Waals surface area contributed by atoms with Gasteiger partial charge in [0, 0.05) is 43.5 Å². The highest BCUT2D eigenvalue weighted by molar-refractivity contribution is 7.90. The van der Waals surface area contributed by atoms with Crippen LogP contribution in [0.4, 0.5) is 16.2 Å². The minimum Gasteiger partial charge on any atom is -0.465 e. The van der Waals surface area contributed by atoms with E-state index >= 15 is 0 Å². The first-order valence-electron chi connectivity index (χ1n) is 10.2. The number of hydrogen-bond donors (Lipinski definition) is 3. The topological polar surface area (TPSA) is 148 Å². The quantitative estimate of drug-likeness (QED) is 0.335. The Morgan fingerprint density at radius 2 is 1.74 bits per heavy atom. The summed E-state index contributed by atoms with van der Waals surface area (Å²) in [5.41, 5.74) is 2.35. The van der Waals surface area contributed by atoms with E-state index in [0.717, 1.165) is 9.54 Å². The number of hydrogen-bond acceptors (Lipinski definition) is 6. The van der Waals surface area contributed by atoms with Gasteiger partial charge >= 0.3 is 6.09 Å². The highest BCUT2D eigenvalue weighted by Gasteiger charge is 2.17. The SMILES string of the molecule is Cn1cc(-c2ccc(S(=O)(=O)n3ccc(/C=C/C(=O)Nc4ccccc4NC(=O)O)c3)cn2)cn1. The van der Waals surface area contributed by atoms with E-state index in [0.29, 0.717) is 11.3 Å². The van der Waals surface area contributed by atoms with Crippen molar-refractivity contribution in [1.82, 2.24) is 18.7 Å². The Labute approximate surface area is 200 Å². The van der Waals surface area contributed by atoms with Gasteiger partial charge in [-0.15, -0.1) is 0 Å². The van der Waals surface area contributed by atoms with Crippen molar-refractivity contribution in [3.8, 4) is 11.3 Å². The van der Waals surface area contributed by atoms with Crippen LogP contribution in [-0.2, 0) is 21.9 Å². The molecule has 2 amide bonds. The first-order valence-corrected chi connectivity index (χ1v) is 11.6. The molecule has 3 N–H and O–H groups in total. The van der Waals surface area contributed by atoms with Crippen molar-refractivity contribution < 1.29 is 23.1 Å². The zero-order valence-corrected chi connectivity index (χ0v) is 19.2. The number of nitrogens with zero attached hydrogens (tertiary/aromatic N) is 4. The summed E-state index contributed by atoms with van der Waals surface area (Å²) in [6, 6.07) is 11.0. The fraction of sp³-hybridized carbons (Fsp3) is 0.0435. The Morgan fingerprint density at radius 1 is 1.00 bits per heavy atom. The zero-order chi connectivity index (χ0) is 25.0. The maximum absolute atomic E-state index is 13.0. The van der Waals surface area contributed by atoms with Crippen LogP contribution in [0.25, 0.3) is 17.3 Å². The molecule has 12 heteroatoms. The molecule has 0 fully saturated rings. The molecule has 178 valence electrons. The third kappa shape index (κ3) is 5.45. The standard InChI is InChI=1S/C23H20N6O5S/c1-28-15-17(12-25-28)19-8-7-18(13-24-19)35(33,34)29-11-10-16(14-29)6-9-22(30)26-20-4-2-3-5-21(20)27-23(31)32/h2-15,27H,1H3,(H,26,30)(H,31,32)/b9-6+. The maximum atomic E-state index is 13.0. The number of amides is 2. The average molecular weight is 493 g/mol. The van der Waals surface area contributed by atoms with Crippen molar-refractivity contribution in [1.29, 1.82) is 0 Å². The Bertz CT molecular complexity index is 1520. The molecule has 3 heterocycles. The second kappa shape index (κ2) is 9.65. The van der Waals surface area contributed by atoms with Gasteiger partial charge in [-0.2, -0.15) is 5.10 Å². The van der Waals surface area contributed by atoms with Gasteiger partial charge in [0.2, 0.25) is 5.91 Å². The Kier molecular flexibility index (Phi) is 6.46. The Morgan fingerprint density at radius 3 is 2.37 bits per heavy atom. The van der Waals surface area contributed by atoms with Crippen LogP contribution in [0.1, 0.15) is 5.56 Å². The summed E-state index contributed by atoms with van der Waals surface area (Å²) in [4.78, 5) is 27.4. The largest absolute Gasteiger partial charge is 0.465 e. The van der Waals surface area contributed by atoms with Crippen LogP contribution in [0.15, 0.2) is 84.4 Å². The number of nitrogens with one attached hydrogen (secondary N) is 2. The number of benzene rings is 1. The fourth-order valence-electron chi connectivity index (χ4n) is 3.18. The number of carbonyl (C=O) groups excluding carboxylic acids is 1. The molecule has 4 aromatic rings. The van der Waals surface area contributed by atoms with Gasteiger partial charge in [-0.1, -0.05) is 12.1 Å². The molecule has 0 saturated carbocycles. The second-order valence-electron chi connectivity index (χ2n) is 7.36. The number of anilines is 2. The van der Waals surface area contributed by atoms with Crippen LogP contribution < -0.4 is 10.6 Å². The molecule has 0 radical (unpaired) electrons. The smallest absolute Gasteiger partial charge is 0.409 e. The van der Waals surface area contributed by atoms with E-state index < -0.39 is 22.0 Å². The third-order valence-corrected chi connectivity index (χ3v) is 6.48. The molecule has 4 rings (SSSR count). The molecule has 0 saturated heterocycles. The van der Waals surface area contributed by atoms with Crippen molar-refractivity contribution in [3.63, 3.8) is 0 Å². The summed E-state index contributed by atoms with van der Waals surface area (Å²) in [6.45, 7) is 0. The summed E-state index contributed by atoms with van der Waals surface area (Å²) in [5, 5.41) is 17.8. The summed E-state index contributed by atoms with van der Waals surface area (Å²) >= 11 is 0. The number of pyridine rings is 1. The van der Waals surface area contributed by atoms with Gasteiger partial charge in [0.1, 0.15) is 4.90 Å². The predicted octanol–water partition coefficient (Wildman–Crippen LogP) is 3.26. The van der Waals surface area contributed by atoms with Crippen molar-refractivity contribution in [3.05, 3.63) is 85.1 Å². The lowest BCUT2D eigenvalue weighted by Crippen LogP contribution is -2.13. The van der Waals surface area contributed by atoms with Gasteiger partial charge in [0.25, 0.3) is 10.0 Å². The minimum absolute atomic E-state index is 0.0107. The van der Waals surface area contributed by atoms with E-state index in [2.05, 4.69) is 20.7 Å². The Balaban J connectivity index is 1.46. The van der Waals surface area contributed by atoms with Gasteiger partial charge in [-0.05, 0) is 42.0 Å². The number of aryl methyl sites for hydroxylation is 1. The summed E-state index contributed by atoms with van der Waals surface area (Å²) in [5.74, 6) is -0.518. The van der Waals surface area contributed by atoms with Crippen LogP contribution in [0.3, 0.4) is 0 Å². The molecule has 0 atom stereocenters. The molecule has 3 aromatic heterocycles. The van der Waals surface area contributed by atoms with E-state index in [9.17, 15) is 18.0 Å². The zero-order valence-electron chi connectivity index (χ0n) is 18.4. The van der Waals surface area contributed by atoms with E-state index in [4.69, 9.17) is 5.11 Å². The van der Waals surface area contributed by atoms with Crippen LogP contribution in [0.2, 0.25) is 0 Å². The monoisotopic (exact) mass is 492 g/mol. The van der Waals surface area contributed by atoms with Crippen molar-refractivity contribution in [2.75, 3.05) is 10.6 Å². The fourth-order valence-corrected chi connectivity index (χ4v) is 4.33. The van der Waals surface area contributed by atoms with Crippen LogP contribution in [0, 0.1) is 0 Å². The van der Waals surface area contributed by atoms with E-state index in [1.807, 2.05) is 0 Å². The van der Waals surface area contributed by atoms with E-state index in [-0.39, 0.29) is 16.3 Å². The van der Waals surface area contributed by atoms with Crippen molar-refractivity contribution in [2.45, 2.75) is 4.90 Å². The van der Waals surface area contributed by atoms with E-state index in [1.54, 1.807) is 54.5 Å². The summed E-state index contributed by atoms with van der Waals surface area (Å²) < 4.78 is 28.6. The first-order chi connectivity index (χ1) is 16.7. The van der Waals surface area contributed by atoms with E-state index in [1.165, 1.54) is 42.9 Å². The lowest BCUT2D eigenvalue weighted by atomic mass is 10.2. The van der Waals surface area contributed by atoms with Crippen LogP contribution in [-0.4, -0.2) is 44.3 Å². The lowest BCUT2D eigenvalue weighted by molar-refractivity contribution is -0.111. The number of rotatable bonds is 7. The number of carbonyl (C=O) groups is 2. The molecule has 0 unspecified atom stereocenters. The first kappa shape index (κ1) is 23.4. The van der Waals surface area contributed by atoms with Gasteiger partial charge in [-0.3, -0.25) is 19.8 Å². The molecule has 11 nitrogen and oxygen atoms in total. The number of para-hydroxylation sites is 2. The molecular weight excluding hydrogens is 472 g/mol. The van der Waals surface area contributed by atoms with Crippen LogP contribution >= 0.6 is 0 Å². The van der Waals surface area contributed by atoms with Crippen molar-refractivity contribution >= 4 is 39.5 Å². The highest BCUT2D eigenvalue weighted by atomic mass is 32.2. The molecule has 0 aliphatic carbocycles.